The van der Waals surface area contributed by atoms with E-state index in [2.05, 4.69) is 71.0 Å². The van der Waals surface area contributed by atoms with Crippen LogP contribution in [0.1, 0.15) is 58.1 Å². The average molecular weight is 421 g/mol. The maximum atomic E-state index is 13.0. The first-order valence-electron chi connectivity index (χ1n) is 10.9. The summed E-state index contributed by atoms with van der Waals surface area (Å²) >= 11 is 1.66. The van der Waals surface area contributed by atoms with Crippen LogP contribution in [-0.2, 0) is 4.79 Å². The van der Waals surface area contributed by atoms with E-state index in [9.17, 15) is 4.79 Å². The lowest BCUT2D eigenvalue weighted by molar-refractivity contribution is -0.134. The van der Waals surface area contributed by atoms with Gasteiger partial charge in [-0.3, -0.25) is 4.79 Å². The molecule has 2 nitrogen and oxygen atoms in total. The fraction of sp³-hybridized carbons (Fsp3) is 0.444. The molecule has 30 heavy (non-hydrogen) atoms. The van der Waals surface area contributed by atoms with Crippen molar-refractivity contribution in [1.29, 1.82) is 0 Å². The number of hydrogen-bond acceptors (Lipinski definition) is 3. The highest BCUT2D eigenvalue weighted by Crippen LogP contribution is 2.58. The van der Waals surface area contributed by atoms with Crippen molar-refractivity contribution in [2.45, 2.75) is 63.9 Å². The summed E-state index contributed by atoms with van der Waals surface area (Å²) < 4.78 is 5.80. The molecular weight excluding hydrogens is 388 g/mol. The highest BCUT2D eigenvalue weighted by atomic mass is 32.2. The molecule has 0 bridgehead atoms. The van der Waals surface area contributed by atoms with Crippen molar-refractivity contribution in [2.24, 2.45) is 22.7 Å². The van der Waals surface area contributed by atoms with Crippen LogP contribution in [0.15, 0.2) is 68.7 Å². The Hall–Kier alpha value is -2.00. The van der Waals surface area contributed by atoms with Gasteiger partial charge in [0.25, 0.3) is 0 Å². The molecule has 2 aliphatic rings. The normalized spacial score (nSPS) is 28.4. The zero-order chi connectivity index (χ0) is 21.5. The number of allylic oxidation sites excluding steroid dienone is 3. The molecule has 0 aliphatic heterocycles. The second kappa shape index (κ2) is 7.92. The van der Waals surface area contributed by atoms with Gasteiger partial charge in [-0.05, 0) is 61.8 Å². The number of carbonyl (C=O) groups is 1. The van der Waals surface area contributed by atoms with Crippen LogP contribution in [-0.4, -0.2) is 5.78 Å². The average Bonchev–Trinajstić information content (AvgIpc) is 3.07. The Labute approximate surface area is 184 Å². The van der Waals surface area contributed by atoms with Gasteiger partial charge >= 0.3 is 0 Å². The Balaban J connectivity index is 1.63. The molecule has 3 atom stereocenters. The molecule has 1 aromatic carbocycles. The van der Waals surface area contributed by atoms with Gasteiger partial charge in [0.05, 0.1) is 6.26 Å². The molecule has 1 fully saturated rings. The van der Waals surface area contributed by atoms with E-state index < -0.39 is 0 Å². The first-order valence-corrected chi connectivity index (χ1v) is 11.7. The maximum Gasteiger partial charge on any atom is 0.171 e. The largest absolute Gasteiger partial charge is 0.457 e. The lowest BCUT2D eigenvalue weighted by Crippen LogP contribution is -2.52. The highest BCUT2D eigenvalue weighted by molar-refractivity contribution is 7.99. The van der Waals surface area contributed by atoms with Crippen molar-refractivity contribution in [3.05, 3.63) is 65.4 Å². The smallest absolute Gasteiger partial charge is 0.171 e. The minimum Gasteiger partial charge on any atom is -0.457 e. The van der Waals surface area contributed by atoms with Gasteiger partial charge in [-0.2, -0.15) is 0 Å². The molecule has 1 saturated carbocycles. The van der Waals surface area contributed by atoms with Crippen molar-refractivity contribution in [1.82, 2.24) is 0 Å². The standard InChI is InChI=1S/C27H32O2S/c1-18-8-6-9-21(16-18)30-25-20(12-15-29-25)10-11-22-19(2)17-23(28)24-26(3,4)13-7-14-27(22,24)5/h6,8-12,15-17,22,24H,7,13-14H2,1-5H3/b11-10+/t22-,24-,27+/m0/s1. The predicted octanol–water partition coefficient (Wildman–Crippen LogP) is 7.73. The Kier molecular flexibility index (Phi) is 5.61. The summed E-state index contributed by atoms with van der Waals surface area (Å²) in [6.07, 6.45) is 11.6. The molecule has 0 N–H and O–H groups in total. The van der Waals surface area contributed by atoms with Gasteiger partial charge in [0.2, 0.25) is 0 Å². The summed E-state index contributed by atoms with van der Waals surface area (Å²) in [6, 6.07) is 10.5. The van der Waals surface area contributed by atoms with Crippen LogP contribution in [0.3, 0.4) is 0 Å². The molecule has 0 saturated heterocycles. The Morgan fingerprint density at radius 2 is 1.93 bits per heavy atom. The van der Waals surface area contributed by atoms with E-state index in [4.69, 9.17) is 4.42 Å². The fourth-order valence-electron chi connectivity index (χ4n) is 5.94. The minimum atomic E-state index is -0.0260. The van der Waals surface area contributed by atoms with E-state index in [0.29, 0.717) is 5.78 Å². The summed E-state index contributed by atoms with van der Waals surface area (Å²) in [7, 11) is 0. The highest BCUT2D eigenvalue weighted by Gasteiger charge is 2.54. The molecular formula is C27H32O2S. The van der Waals surface area contributed by atoms with Crippen molar-refractivity contribution in [2.75, 3.05) is 0 Å². The molecule has 1 heterocycles. The lowest BCUT2D eigenvalue weighted by Gasteiger charge is -2.55. The van der Waals surface area contributed by atoms with E-state index in [1.165, 1.54) is 22.5 Å². The molecule has 4 rings (SSSR count). The molecule has 0 amide bonds. The monoisotopic (exact) mass is 420 g/mol. The predicted molar refractivity (Wildman–Crippen MR) is 125 cm³/mol. The Morgan fingerprint density at radius 3 is 2.70 bits per heavy atom. The van der Waals surface area contributed by atoms with Gasteiger partial charge in [-0.25, -0.2) is 0 Å². The van der Waals surface area contributed by atoms with Crippen molar-refractivity contribution < 1.29 is 9.21 Å². The van der Waals surface area contributed by atoms with Crippen molar-refractivity contribution >= 4 is 23.6 Å². The van der Waals surface area contributed by atoms with Gasteiger partial charge in [0.15, 0.2) is 10.9 Å². The molecule has 2 aliphatic carbocycles. The number of rotatable bonds is 4. The molecule has 0 radical (unpaired) electrons. The van der Waals surface area contributed by atoms with Crippen molar-refractivity contribution in [3.63, 3.8) is 0 Å². The summed E-state index contributed by atoms with van der Waals surface area (Å²) in [5, 5.41) is 0.913. The number of aryl methyl sites for hydroxylation is 1. The number of furan rings is 1. The van der Waals surface area contributed by atoms with Crippen LogP contribution in [0.2, 0.25) is 0 Å². The molecule has 1 aromatic heterocycles. The first-order chi connectivity index (χ1) is 14.2. The van der Waals surface area contributed by atoms with Gasteiger partial charge in [-0.15, -0.1) is 0 Å². The Bertz CT molecular complexity index is 1010. The molecule has 158 valence electrons. The SMILES string of the molecule is CC1=CC(=O)[C@H]2C(C)(C)CCC[C@]2(C)[C@H]1/C=C/c1ccoc1Sc1cccc(C)c1. The molecule has 0 unspecified atom stereocenters. The van der Waals surface area contributed by atoms with Crippen LogP contribution in [0.25, 0.3) is 6.08 Å². The Morgan fingerprint density at radius 1 is 1.13 bits per heavy atom. The third-order valence-corrected chi connectivity index (χ3v) is 8.17. The lowest BCUT2D eigenvalue weighted by atomic mass is 9.48. The van der Waals surface area contributed by atoms with Crippen LogP contribution in [0.5, 0.6) is 0 Å². The van der Waals surface area contributed by atoms with Gasteiger partial charge in [0, 0.05) is 22.3 Å². The van der Waals surface area contributed by atoms with E-state index in [1.54, 1.807) is 18.0 Å². The van der Waals surface area contributed by atoms with Crippen molar-refractivity contribution in [3.8, 4) is 0 Å². The van der Waals surface area contributed by atoms with Gasteiger partial charge < -0.3 is 4.42 Å². The number of fused-ring (bicyclic) bond motifs is 1. The summed E-state index contributed by atoms with van der Waals surface area (Å²) in [5.41, 5.74) is 3.55. The van der Waals surface area contributed by atoms with Crippen LogP contribution >= 0.6 is 11.8 Å². The topological polar surface area (TPSA) is 30.2 Å². The quantitative estimate of drug-likeness (QED) is 0.507. The van der Waals surface area contributed by atoms with Gasteiger partial charge in [-0.1, -0.05) is 74.4 Å². The number of ketones is 1. The number of carbonyl (C=O) groups excluding carboxylic acids is 1. The van der Waals surface area contributed by atoms with Crippen LogP contribution in [0, 0.1) is 29.6 Å². The van der Waals surface area contributed by atoms with E-state index in [0.717, 1.165) is 23.5 Å². The minimum absolute atomic E-state index is 0.0260. The van der Waals surface area contributed by atoms with E-state index in [1.807, 2.05) is 12.1 Å². The number of hydrogen-bond donors (Lipinski definition) is 0. The third kappa shape index (κ3) is 3.85. The molecule has 0 spiro atoms. The first kappa shape index (κ1) is 21.2. The number of benzene rings is 1. The van der Waals surface area contributed by atoms with Crippen LogP contribution < -0.4 is 0 Å². The summed E-state index contributed by atoms with van der Waals surface area (Å²) in [4.78, 5) is 14.2. The second-order valence-electron chi connectivity index (χ2n) is 9.99. The van der Waals surface area contributed by atoms with E-state index >= 15 is 0 Å². The third-order valence-electron chi connectivity index (χ3n) is 7.16. The summed E-state index contributed by atoms with van der Waals surface area (Å²) in [5.74, 6) is 0.678. The zero-order valence-electron chi connectivity index (χ0n) is 18.7. The summed E-state index contributed by atoms with van der Waals surface area (Å²) in [6.45, 7) is 11.1. The zero-order valence-corrected chi connectivity index (χ0v) is 19.5. The fourth-order valence-corrected chi connectivity index (χ4v) is 6.90. The van der Waals surface area contributed by atoms with Crippen LogP contribution in [0.4, 0.5) is 0 Å². The van der Waals surface area contributed by atoms with Gasteiger partial charge in [0.1, 0.15) is 0 Å². The molecule has 2 aromatic rings. The maximum absolute atomic E-state index is 13.0. The second-order valence-corrected chi connectivity index (χ2v) is 11.0. The van der Waals surface area contributed by atoms with E-state index in [-0.39, 0.29) is 22.7 Å². The molecule has 3 heteroatoms.